The molecule has 0 unspecified atom stereocenters. The average Bonchev–Trinajstić information content (AvgIpc) is 2.95. The van der Waals surface area contributed by atoms with Crippen molar-refractivity contribution in [2.24, 2.45) is 0 Å². The maximum absolute atomic E-state index is 11.9. The van der Waals surface area contributed by atoms with Crippen molar-refractivity contribution < 1.29 is 0 Å². The fraction of sp³-hybridized carbons (Fsp3) is 0.0667. The molecule has 0 fully saturated rings. The Hall–Kier alpha value is -1.91. The molecule has 0 spiro atoms. The van der Waals surface area contributed by atoms with E-state index in [9.17, 15) is 4.79 Å². The summed E-state index contributed by atoms with van der Waals surface area (Å²) in [4.78, 5) is 12.9. The number of hydrogen-bond acceptors (Lipinski definition) is 3. The maximum Gasteiger partial charge on any atom is 0.267 e. The first kappa shape index (κ1) is 13.1. The number of nitrogens with zero attached hydrogens (tertiary/aromatic N) is 2. The van der Waals surface area contributed by atoms with Crippen LogP contribution in [-0.2, 0) is 6.54 Å². The molecule has 0 aliphatic carbocycles. The summed E-state index contributed by atoms with van der Waals surface area (Å²) >= 11 is 7.56. The van der Waals surface area contributed by atoms with Gasteiger partial charge in [0.15, 0.2) is 0 Å². The van der Waals surface area contributed by atoms with Crippen molar-refractivity contribution in [1.29, 1.82) is 0 Å². The Morgan fingerprint density at radius 2 is 2.05 bits per heavy atom. The lowest BCUT2D eigenvalue weighted by Crippen LogP contribution is -2.22. The second-order valence-electron chi connectivity index (χ2n) is 4.32. The minimum Gasteiger partial charge on any atom is -0.268 e. The summed E-state index contributed by atoms with van der Waals surface area (Å²) in [6.45, 7) is 0.415. The summed E-state index contributed by atoms with van der Waals surface area (Å²) in [5, 5.41) is 7.06. The van der Waals surface area contributed by atoms with Gasteiger partial charge in [0.2, 0.25) is 0 Å². The van der Waals surface area contributed by atoms with E-state index in [-0.39, 0.29) is 5.56 Å². The van der Waals surface area contributed by atoms with Crippen LogP contribution >= 0.6 is 22.9 Å². The molecule has 0 saturated carbocycles. The largest absolute Gasteiger partial charge is 0.268 e. The Morgan fingerprint density at radius 3 is 2.80 bits per heavy atom. The van der Waals surface area contributed by atoms with Crippen LogP contribution < -0.4 is 5.56 Å². The van der Waals surface area contributed by atoms with Crippen molar-refractivity contribution in [2.75, 3.05) is 0 Å². The molecule has 0 bridgehead atoms. The molecule has 100 valence electrons. The molecule has 0 atom stereocenters. The zero-order chi connectivity index (χ0) is 13.9. The highest BCUT2D eigenvalue weighted by molar-refractivity contribution is 7.13. The minimum absolute atomic E-state index is 0.120. The minimum atomic E-state index is -0.120. The van der Waals surface area contributed by atoms with Crippen molar-refractivity contribution in [1.82, 2.24) is 9.78 Å². The Morgan fingerprint density at radius 1 is 1.15 bits per heavy atom. The lowest BCUT2D eigenvalue weighted by atomic mass is 10.2. The van der Waals surface area contributed by atoms with Crippen LogP contribution in [-0.4, -0.2) is 9.78 Å². The lowest BCUT2D eigenvalue weighted by Gasteiger charge is -2.06. The Kier molecular flexibility index (Phi) is 3.67. The van der Waals surface area contributed by atoms with E-state index in [1.807, 2.05) is 41.8 Å². The zero-order valence-electron chi connectivity index (χ0n) is 10.5. The molecule has 0 aliphatic rings. The predicted octanol–water partition coefficient (Wildman–Crippen LogP) is 3.67. The van der Waals surface area contributed by atoms with E-state index in [0.717, 1.165) is 16.1 Å². The van der Waals surface area contributed by atoms with Gasteiger partial charge in [-0.15, -0.1) is 11.3 Å². The monoisotopic (exact) mass is 302 g/mol. The van der Waals surface area contributed by atoms with Crippen LogP contribution in [0.2, 0.25) is 5.02 Å². The third kappa shape index (κ3) is 2.81. The highest BCUT2D eigenvalue weighted by atomic mass is 35.5. The molecular weight excluding hydrogens is 292 g/mol. The van der Waals surface area contributed by atoms with E-state index in [0.29, 0.717) is 11.6 Å². The summed E-state index contributed by atoms with van der Waals surface area (Å²) in [5.74, 6) is 0. The molecule has 0 amide bonds. The van der Waals surface area contributed by atoms with Crippen LogP contribution in [0.1, 0.15) is 5.56 Å². The SMILES string of the molecule is O=c1ccc(-c2cccs2)nn1Cc1cccc(Cl)c1. The topological polar surface area (TPSA) is 34.9 Å². The van der Waals surface area contributed by atoms with Gasteiger partial charge in [0.05, 0.1) is 11.4 Å². The summed E-state index contributed by atoms with van der Waals surface area (Å²) in [6.07, 6.45) is 0. The summed E-state index contributed by atoms with van der Waals surface area (Å²) in [5.41, 5.74) is 1.64. The van der Waals surface area contributed by atoms with E-state index in [4.69, 9.17) is 11.6 Å². The molecule has 3 rings (SSSR count). The Bertz CT molecular complexity index is 781. The lowest BCUT2D eigenvalue weighted by molar-refractivity contribution is 0.643. The summed E-state index contributed by atoms with van der Waals surface area (Å²) < 4.78 is 1.46. The average molecular weight is 303 g/mol. The number of rotatable bonds is 3. The van der Waals surface area contributed by atoms with E-state index < -0.39 is 0 Å². The molecule has 0 N–H and O–H groups in total. The molecule has 2 heterocycles. The van der Waals surface area contributed by atoms with Crippen molar-refractivity contribution in [3.05, 3.63) is 74.9 Å². The van der Waals surface area contributed by atoms with Gasteiger partial charge in [-0.1, -0.05) is 29.8 Å². The molecule has 0 saturated heterocycles. The van der Waals surface area contributed by atoms with Crippen LogP contribution in [0.15, 0.2) is 58.7 Å². The molecule has 1 aromatic carbocycles. The second-order valence-corrected chi connectivity index (χ2v) is 5.71. The van der Waals surface area contributed by atoms with Crippen LogP contribution in [0, 0.1) is 0 Å². The van der Waals surface area contributed by atoms with Gasteiger partial charge in [0.1, 0.15) is 5.69 Å². The third-order valence-electron chi connectivity index (χ3n) is 2.86. The first-order valence-electron chi connectivity index (χ1n) is 6.09. The summed E-state index contributed by atoms with van der Waals surface area (Å²) in [7, 11) is 0. The van der Waals surface area contributed by atoms with Crippen molar-refractivity contribution >= 4 is 22.9 Å². The number of benzene rings is 1. The predicted molar refractivity (Wildman–Crippen MR) is 82.4 cm³/mol. The molecule has 5 heteroatoms. The van der Waals surface area contributed by atoms with E-state index >= 15 is 0 Å². The van der Waals surface area contributed by atoms with Crippen molar-refractivity contribution in [3.8, 4) is 10.6 Å². The van der Waals surface area contributed by atoms with Gasteiger partial charge >= 0.3 is 0 Å². The fourth-order valence-electron chi connectivity index (χ4n) is 1.93. The van der Waals surface area contributed by atoms with E-state index in [2.05, 4.69) is 5.10 Å². The number of aromatic nitrogens is 2. The maximum atomic E-state index is 11.9. The number of hydrogen-bond donors (Lipinski definition) is 0. The van der Waals surface area contributed by atoms with Gasteiger partial charge in [0.25, 0.3) is 5.56 Å². The zero-order valence-corrected chi connectivity index (χ0v) is 12.1. The van der Waals surface area contributed by atoms with Gasteiger partial charge in [-0.25, -0.2) is 4.68 Å². The fourth-order valence-corrected chi connectivity index (χ4v) is 2.83. The molecule has 20 heavy (non-hydrogen) atoms. The van der Waals surface area contributed by atoms with Gasteiger partial charge < -0.3 is 0 Å². The normalized spacial score (nSPS) is 10.7. The first-order chi connectivity index (χ1) is 9.72. The Balaban J connectivity index is 1.97. The Labute approximate surface area is 125 Å². The van der Waals surface area contributed by atoms with Gasteiger partial charge in [0, 0.05) is 11.1 Å². The standard InChI is InChI=1S/C15H11ClN2OS/c16-12-4-1-3-11(9-12)10-18-15(19)7-6-13(17-18)14-5-2-8-20-14/h1-9H,10H2. The van der Waals surface area contributed by atoms with Crippen LogP contribution in [0.3, 0.4) is 0 Å². The van der Waals surface area contributed by atoms with Crippen molar-refractivity contribution in [2.45, 2.75) is 6.54 Å². The first-order valence-corrected chi connectivity index (χ1v) is 7.34. The van der Waals surface area contributed by atoms with E-state index in [1.54, 1.807) is 23.5 Å². The molecule has 2 aromatic heterocycles. The van der Waals surface area contributed by atoms with Crippen LogP contribution in [0.5, 0.6) is 0 Å². The molecular formula is C15H11ClN2OS. The van der Waals surface area contributed by atoms with Gasteiger partial charge in [-0.2, -0.15) is 5.10 Å². The molecule has 0 radical (unpaired) electrons. The molecule has 3 nitrogen and oxygen atoms in total. The van der Waals surface area contributed by atoms with Gasteiger partial charge in [-0.05, 0) is 35.2 Å². The smallest absolute Gasteiger partial charge is 0.267 e. The van der Waals surface area contributed by atoms with E-state index in [1.165, 1.54) is 4.68 Å². The molecule has 3 aromatic rings. The highest BCUT2D eigenvalue weighted by Crippen LogP contribution is 2.21. The van der Waals surface area contributed by atoms with Crippen LogP contribution in [0.4, 0.5) is 0 Å². The van der Waals surface area contributed by atoms with Crippen LogP contribution in [0.25, 0.3) is 10.6 Å². The van der Waals surface area contributed by atoms with Gasteiger partial charge in [-0.3, -0.25) is 4.79 Å². The molecule has 0 aliphatic heterocycles. The number of thiophene rings is 1. The highest BCUT2D eigenvalue weighted by Gasteiger charge is 2.05. The third-order valence-corrected chi connectivity index (χ3v) is 3.99. The van der Waals surface area contributed by atoms with Crippen molar-refractivity contribution in [3.63, 3.8) is 0 Å². The summed E-state index contributed by atoms with van der Waals surface area (Å²) in [6, 6.07) is 14.7. The number of halogens is 1. The second kappa shape index (κ2) is 5.61. The quantitative estimate of drug-likeness (QED) is 0.740.